The minimum Gasteiger partial charge on any atom is -0.455 e. The van der Waals surface area contributed by atoms with Crippen molar-refractivity contribution < 1.29 is 62.2 Å². The summed E-state index contributed by atoms with van der Waals surface area (Å²) in [6.07, 6.45) is -27.6. The van der Waals surface area contributed by atoms with Crippen LogP contribution in [0.4, 0.5) is 52.7 Å². The summed E-state index contributed by atoms with van der Waals surface area (Å²) in [5, 5.41) is 0. The highest BCUT2D eigenvalue weighted by atomic mass is 19.4. The first-order chi connectivity index (χ1) is 8.88. The Kier molecular flexibility index (Phi) is 4.79. The van der Waals surface area contributed by atoms with Crippen molar-refractivity contribution in [3.05, 3.63) is 0 Å². The molecule has 0 spiro atoms. The summed E-state index contributed by atoms with van der Waals surface area (Å²) in [6.45, 7) is -3.05. The molecule has 126 valence electrons. The quantitative estimate of drug-likeness (QED) is 0.562. The van der Waals surface area contributed by atoms with Crippen molar-refractivity contribution >= 4 is 5.97 Å². The van der Waals surface area contributed by atoms with Crippen LogP contribution < -0.4 is 0 Å². The van der Waals surface area contributed by atoms with Crippen LogP contribution in [0, 0.1) is 5.41 Å². The lowest BCUT2D eigenvalue weighted by molar-refractivity contribution is -0.413. The Morgan fingerprint density at radius 2 is 0.952 bits per heavy atom. The standard InChI is InChI=1S/C7H2F12O2/c8-3(9,10)1-21-2(20)4(5(11,12)13,6(14,15)16)7(17,18)19/h1H2. The van der Waals surface area contributed by atoms with Crippen LogP contribution in [0.1, 0.15) is 0 Å². The van der Waals surface area contributed by atoms with Gasteiger partial charge in [-0.1, -0.05) is 0 Å². The minimum atomic E-state index is -7.31. The van der Waals surface area contributed by atoms with Gasteiger partial charge in [0.15, 0.2) is 6.61 Å². The van der Waals surface area contributed by atoms with E-state index in [0.29, 0.717) is 0 Å². The van der Waals surface area contributed by atoms with Crippen LogP contribution in [0.15, 0.2) is 0 Å². The molecule has 0 unspecified atom stereocenters. The number of hydrogen-bond donors (Lipinski definition) is 0. The summed E-state index contributed by atoms with van der Waals surface area (Å²) in [7, 11) is 0. The second-order valence-electron chi connectivity index (χ2n) is 3.43. The van der Waals surface area contributed by atoms with Crippen LogP contribution in [0.2, 0.25) is 0 Å². The van der Waals surface area contributed by atoms with Crippen LogP contribution in [-0.2, 0) is 9.53 Å². The lowest BCUT2D eigenvalue weighted by Gasteiger charge is -2.36. The second kappa shape index (κ2) is 5.12. The molecule has 21 heavy (non-hydrogen) atoms. The molecule has 2 nitrogen and oxygen atoms in total. The SMILES string of the molecule is O=C(OCC(F)(F)F)C(C(F)(F)F)(C(F)(F)F)C(F)(F)F. The molecule has 0 aromatic rings. The fraction of sp³-hybridized carbons (Fsp3) is 0.857. The molecule has 0 N–H and O–H groups in total. The van der Waals surface area contributed by atoms with Gasteiger partial charge in [-0.2, -0.15) is 52.7 Å². The molecular formula is C7H2F12O2. The van der Waals surface area contributed by atoms with E-state index in [2.05, 4.69) is 4.74 Å². The van der Waals surface area contributed by atoms with Crippen LogP contribution in [-0.4, -0.2) is 37.3 Å². The van der Waals surface area contributed by atoms with E-state index in [1.54, 1.807) is 0 Å². The van der Waals surface area contributed by atoms with Gasteiger partial charge >= 0.3 is 36.1 Å². The summed E-state index contributed by atoms with van der Waals surface area (Å²) < 4.78 is 147. The van der Waals surface area contributed by atoms with E-state index in [0.717, 1.165) is 0 Å². The maximum atomic E-state index is 12.2. The lowest BCUT2D eigenvalue weighted by Crippen LogP contribution is -2.65. The fourth-order valence-corrected chi connectivity index (χ4v) is 1.08. The van der Waals surface area contributed by atoms with Crippen molar-refractivity contribution in [2.75, 3.05) is 6.61 Å². The average Bonchev–Trinajstić information content (AvgIpc) is 2.06. The summed E-state index contributed by atoms with van der Waals surface area (Å²) in [6, 6.07) is 0. The fourth-order valence-electron chi connectivity index (χ4n) is 1.08. The third kappa shape index (κ3) is 3.64. The van der Waals surface area contributed by atoms with Gasteiger partial charge in [-0.15, -0.1) is 0 Å². The molecule has 0 aliphatic carbocycles. The molecule has 0 atom stereocenters. The lowest BCUT2D eigenvalue weighted by atomic mass is 9.85. The first-order valence-corrected chi connectivity index (χ1v) is 4.32. The van der Waals surface area contributed by atoms with Crippen molar-refractivity contribution in [2.45, 2.75) is 24.7 Å². The second-order valence-corrected chi connectivity index (χ2v) is 3.43. The normalized spacial score (nSPS) is 15.0. The van der Waals surface area contributed by atoms with Gasteiger partial charge < -0.3 is 4.74 Å². The Hall–Kier alpha value is -1.37. The van der Waals surface area contributed by atoms with E-state index in [9.17, 15) is 57.5 Å². The molecule has 0 saturated heterocycles. The minimum absolute atomic E-state index is 2.53. The van der Waals surface area contributed by atoms with Crippen molar-refractivity contribution in [1.82, 2.24) is 0 Å². The highest BCUT2D eigenvalue weighted by molar-refractivity contribution is 5.80. The first-order valence-electron chi connectivity index (χ1n) is 4.32. The van der Waals surface area contributed by atoms with Crippen molar-refractivity contribution in [3.63, 3.8) is 0 Å². The van der Waals surface area contributed by atoms with Crippen LogP contribution in [0.3, 0.4) is 0 Å². The third-order valence-electron chi connectivity index (χ3n) is 1.95. The zero-order valence-corrected chi connectivity index (χ0v) is 9.06. The van der Waals surface area contributed by atoms with Gasteiger partial charge in [-0.05, 0) is 0 Å². The Morgan fingerprint density at radius 1 is 0.667 bits per heavy atom. The summed E-state index contributed by atoms with van der Waals surface area (Å²) >= 11 is 0. The van der Waals surface area contributed by atoms with Crippen LogP contribution in [0.25, 0.3) is 0 Å². The largest absolute Gasteiger partial charge is 0.455 e. The van der Waals surface area contributed by atoms with Gasteiger partial charge in [0.1, 0.15) is 0 Å². The zero-order valence-electron chi connectivity index (χ0n) is 9.06. The number of esters is 1. The Bertz CT molecular complexity index is 346. The van der Waals surface area contributed by atoms with Gasteiger partial charge in [-0.3, -0.25) is 4.79 Å². The first kappa shape index (κ1) is 19.6. The van der Waals surface area contributed by atoms with E-state index in [1.165, 1.54) is 0 Å². The molecule has 0 rings (SSSR count). The molecule has 0 aliphatic heterocycles. The summed E-state index contributed by atoms with van der Waals surface area (Å²) in [4.78, 5) is 10.6. The zero-order chi connectivity index (χ0) is 17.5. The highest BCUT2D eigenvalue weighted by Gasteiger charge is 2.89. The molecule has 0 fully saturated rings. The number of carbonyl (C=O) groups excluding carboxylic acids is 1. The number of ether oxygens (including phenoxy) is 1. The van der Waals surface area contributed by atoms with Gasteiger partial charge in [0.2, 0.25) is 0 Å². The Morgan fingerprint density at radius 3 is 1.14 bits per heavy atom. The number of carbonyl (C=O) groups is 1. The van der Waals surface area contributed by atoms with E-state index < -0.39 is 42.7 Å². The van der Waals surface area contributed by atoms with Crippen molar-refractivity contribution in [2.24, 2.45) is 5.41 Å². The maximum Gasteiger partial charge on any atom is 0.422 e. The summed E-state index contributed by atoms with van der Waals surface area (Å²) in [5.41, 5.74) is -7.07. The van der Waals surface area contributed by atoms with E-state index in [-0.39, 0.29) is 0 Å². The van der Waals surface area contributed by atoms with E-state index in [4.69, 9.17) is 0 Å². The predicted molar refractivity (Wildman–Crippen MR) is 37.6 cm³/mol. The number of alkyl halides is 12. The topological polar surface area (TPSA) is 26.3 Å². The van der Waals surface area contributed by atoms with Crippen molar-refractivity contribution in [1.29, 1.82) is 0 Å². The van der Waals surface area contributed by atoms with Gasteiger partial charge in [0.05, 0.1) is 0 Å². The maximum absolute atomic E-state index is 12.2. The van der Waals surface area contributed by atoms with Crippen LogP contribution in [0.5, 0.6) is 0 Å². The molecule has 14 heteroatoms. The number of halogens is 12. The van der Waals surface area contributed by atoms with Crippen molar-refractivity contribution in [3.8, 4) is 0 Å². The molecule has 0 heterocycles. The number of hydrogen-bond acceptors (Lipinski definition) is 2. The molecular weight excluding hydrogens is 344 g/mol. The van der Waals surface area contributed by atoms with E-state index in [1.807, 2.05) is 0 Å². The van der Waals surface area contributed by atoms with Gasteiger partial charge in [0.25, 0.3) is 0 Å². The molecule has 0 amide bonds. The Balaban J connectivity index is 6.01. The summed E-state index contributed by atoms with van der Waals surface area (Å²) in [5.74, 6) is -4.16. The predicted octanol–water partition coefficient (Wildman–Crippen LogP) is 3.77. The van der Waals surface area contributed by atoms with Crippen LogP contribution >= 0.6 is 0 Å². The molecule has 0 aliphatic rings. The Labute approximate surface area is 106 Å². The van der Waals surface area contributed by atoms with Gasteiger partial charge in [-0.25, -0.2) is 0 Å². The smallest absolute Gasteiger partial charge is 0.422 e. The molecule has 0 aromatic carbocycles. The molecule has 0 saturated carbocycles. The monoisotopic (exact) mass is 346 g/mol. The van der Waals surface area contributed by atoms with E-state index >= 15 is 0 Å². The number of rotatable bonds is 2. The highest BCUT2D eigenvalue weighted by Crippen LogP contribution is 2.60. The van der Waals surface area contributed by atoms with Gasteiger partial charge in [0, 0.05) is 0 Å². The molecule has 0 aromatic heterocycles. The third-order valence-corrected chi connectivity index (χ3v) is 1.95. The average molecular weight is 346 g/mol. The molecule has 0 bridgehead atoms. The molecule has 0 radical (unpaired) electrons.